The average Bonchev–Trinajstić information content (AvgIpc) is 2.57. The van der Waals surface area contributed by atoms with Crippen LogP contribution in [0.4, 0.5) is 0 Å². The molecule has 4 heteroatoms. The Hall–Kier alpha value is -1.45. The van der Waals surface area contributed by atoms with Crippen LogP contribution in [0.1, 0.15) is 32.2 Å². The quantitative estimate of drug-likeness (QED) is 0.820. The molecule has 0 aliphatic heterocycles. The maximum Gasteiger partial charge on any atom is 0.243 e. The predicted molar refractivity (Wildman–Crippen MR) is 70.6 cm³/mol. The first kappa shape index (κ1) is 13.6. The standard InChI is InChI=1S/C13H23N3O/c1-9(2)8-14-13(17)12(5)15-16-10(3)6-7-11(16)4/h6-7,9,12,15H,8H2,1-5H3,(H,14,17). The number of hydrogen-bond donors (Lipinski definition) is 2. The SMILES string of the molecule is Cc1ccc(C)n1NC(C)C(=O)NCC(C)C. The number of aromatic nitrogens is 1. The maximum absolute atomic E-state index is 11.8. The minimum Gasteiger partial charge on any atom is -0.354 e. The highest BCUT2D eigenvalue weighted by molar-refractivity contribution is 5.82. The molecule has 0 fully saturated rings. The van der Waals surface area contributed by atoms with Crippen molar-refractivity contribution in [3.63, 3.8) is 0 Å². The average molecular weight is 237 g/mol. The molecule has 96 valence electrons. The van der Waals surface area contributed by atoms with Gasteiger partial charge in [-0.1, -0.05) is 13.8 Å². The first-order valence-corrected chi connectivity index (χ1v) is 6.11. The number of amides is 1. The van der Waals surface area contributed by atoms with Gasteiger partial charge in [-0.25, -0.2) is 0 Å². The summed E-state index contributed by atoms with van der Waals surface area (Å²) in [5, 5.41) is 2.92. The highest BCUT2D eigenvalue weighted by Crippen LogP contribution is 2.05. The summed E-state index contributed by atoms with van der Waals surface area (Å²) >= 11 is 0. The van der Waals surface area contributed by atoms with Gasteiger partial charge in [-0.3, -0.25) is 9.47 Å². The van der Waals surface area contributed by atoms with E-state index in [9.17, 15) is 4.79 Å². The summed E-state index contributed by atoms with van der Waals surface area (Å²) in [6, 6.07) is 3.82. The molecule has 4 nitrogen and oxygen atoms in total. The summed E-state index contributed by atoms with van der Waals surface area (Å²) in [6.07, 6.45) is 0. The van der Waals surface area contributed by atoms with Gasteiger partial charge in [0, 0.05) is 17.9 Å². The molecule has 0 saturated heterocycles. The van der Waals surface area contributed by atoms with Gasteiger partial charge in [-0.15, -0.1) is 0 Å². The molecule has 1 amide bonds. The van der Waals surface area contributed by atoms with E-state index >= 15 is 0 Å². The van der Waals surface area contributed by atoms with Crippen LogP contribution in [-0.2, 0) is 4.79 Å². The van der Waals surface area contributed by atoms with Gasteiger partial charge in [0.1, 0.15) is 6.04 Å². The van der Waals surface area contributed by atoms with E-state index in [1.54, 1.807) is 0 Å². The van der Waals surface area contributed by atoms with Crippen molar-refractivity contribution in [3.05, 3.63) is 23.5 Å². The monoisotopic (exact) mass is 237 g/mol. The fourth-order valence-corrected chi connectivity index (χ4v) is 1.58. The minimum atomic E-state index is -0.237. The first-order chi connectivity index (χ1) is 7.91. The summed E-state index contributed by atoms with van der Waals surface area (Å²) in [5.74, 6) is 0.507. The van der Waals surface area contributed by atoms with E-state index < -0.39 is 0 Å². The van der Waals surface area contributed by atoms with Gasteiger partial charge in [0.05, 0.1) is 0 Å². The Bertz CT molecular complexity index is 363. The number of nitrogens with one attached hydrogen (secondary N) is 2. The number of aryl methyl sites for hydroxylation is 2. The molecule has 0 aromatic carbocycles. The van der Waals surface area contributed by atoms with Gasteiger partial charge in [-0.05, 0) is 38.8 Å². The number of carbonyl (C=O) groups is 1. The topological polar surface area (TPSA) is 46.1 Å². The van der Waals surface area contributed by atoms with Crippen molar-refractivity contribution in [2.24, 2.45) is 5.92 Å². The smallest absolute Gasteiger partial charge is 0.243 e. The predicted octanol–water partition coefficient (Wildman–Crippen LogP) is 1.81. The van der Waals surface area contributed by atoms with E-state index in [0.29, 0.717) is 12.5 Å². The lowest BCUT2D eigenvalue weighted by Crippen LogP contribution is -2.42. The minimum absolute atomic E-state index is 0.0335. The molecule has 1 aromatic rings. The Morgan fingerprint density at radius 1 is 1.24 bits per heavy atom. The van der Waals surface area contributed by atoms with Gasteiger partial charge >= 0.3 is 0 Å². The summed E-state index contributed by atoms with van der Waals surface area (Å²) in [4.78, 5) is 11.8. The first-order valence-electron chi connectivity index (χ1n) is 6.11. The molecule has 1 heterocycles. The normalized spacial score (nSPS) is 12.6. The van der Waals surface area contributed by atoms with Crippen LogP contribution < -0.4 is 10.7 Å². The van der Waals surface area contributed by atoms with Gasteiger partial charge in [0.2, 0.25) is 5.91 Å². The second kappa shape index (κ2) is 5.75. The van der Waals surface area contributed by atoms with Crippen molar-refractivity contribution < 1.29 is 4.79 Å². The van der Waals surface area contributed by atoms with E-state index in [1.807, 2.05) is 37.6 Å². The summed E-state index contributed by atoms with van der Waals surface area (Å²) < 4.78 is 1.94. The van der Waals surface area contributed by atoms with Gasteiger partial charge in [0.25, 0.3) is 0 Å². The second-order valence-electron chi connectivity index (χ2n) is 4.94. The Morgan fingerprint density at radius 3 is 2.24 bits per heavy atom. The molecule has 0 radical (unpaired) electrons. The Kier molecular flexibility index (Phi) is 4.61. The summed E-state index contributed by atoms with van der Waals surface area (Å²) in [6.45, 7) is 10.8. The van der Waals surface area contributed by atoms with Crippen LogP contribution in [0.5, 0.6) is 0 Å². The van der Waals surface area contributed by atoms with Gasteiger partial charge in [0.15, 0.2) is 0 Å². The van der Waals surface area contributed by atoms with Gasteiger partial charge < -0.3 is 10.7 Å². The fraction of sp³-hybridized carbons (Fsp3) is 0.615. The van der Waals surface area contributed by atoms with Crippen LogP contribution in [0, 0.1) is 19.8 Å². The van der Waals surface area contributed by atoms with Crippen LogP contribution in [-0.4, -0.2) is 23.2 Å². The zero-order valence-corrected chi connectivity index (χ0v) is 11.4. The lowest BCUT2D eigenvalue weighted by Gasteiger charge is -2.19. The molecule has 0 aliphatic carbocycles. The lowest BCUT2D eigenvalue weighted by atomic mass is 10.2. The zero-order valence-electron chi connectivity index (χ0n) is 11.4. The second-order valence-corrected chi connectivity index (χ2v) is 4.94. The molecule has 1 rings (SSSR count). The summed E-state index contributed by atoms with van der Waals surface area (Å²) in [7, 11) is 0. The van der Waals surface area contributed by atoms with Crippen molar-refractivity contribution in [3.8, 4) is 0 Å². The van der Waals surface area contributed by atoms with Crippen LogP contribution >= 0.6 is 0 Å². The largest absolute Gasteiger partial charge is 0.354 e. The van der Waals surface area contributed by atoms with Crippen LogP contribution in [0.3, 0.4) is 0 Å². The molecule has 1 atom stereocenters. The van der Waals surface area contributed by atoms with Crippen molar-refractivity contribution >= 4 is 5.91 Å². The molecule has 0 spiro atoms. The number of carbonyl (C=O) groups excluding carboxylic acids is 1. The van der Waals surface area contributed by atoms with Crippen LogP contribution in [0.25, 0.3) is 0 Å². The number of rotatable bonds is 5. The van der Waals surface area contributed by atoms with E-state index in [4.69, 9.17) is 0 Å². The number of nitrogens with zero attached hydrogens (tertiary/aromatic N) is 1. The summed E-state index contributed by atoms with van der Waals surface area (Å²) in [5.41, 5.74) is 5.39. The Morgan fingerprint density at radius 2 is 1.76 bits per heavy atom. The highest BCUT2D eigenvalue weighted by Gasteiger charge is 2.13. The molecule has 1 unspecified atom stereocenters. The van der Waals surface area contributed by atoms with Crippen molar-refractivity contribution in [1.29, 1.82) is 0 Å². The lowest BCUT2D eigenvalue weighted by molar-refractivity contribution is -0.121. The molecular formula is C13H23N3O. The fourth-order valence-electron chi connectivity index (χ4n) is 1.58. The third-order valence-corrected chi connectivity index (χ3v) is 2.67. The zero-order chi connectivity index (χ0) is 13.0. The number of hydrogen-bond acceptors (Lipinski definition) is 2. The Labute approximate surface area is 103 Å². The third kappa shape index (κ3) is 3.80. The third-order valence-electron chi connectivity index (χ3n) is 2.67. The molecule has 17 heavy (non-hydrogen) atoms. The molecule has 0 bridgehead atoms. The van der Waals surface area contributed by atoms with E-state index in [-0.39, 0.29) is 11.9 Å². The van der Waals surface area contributed by atoms with E-state index in [2.05, 4.69) is 24.6 Å². The molecule has 0 aliphatic rings. The molecule has 1 aromatic heterocycles. The Balaban J connectivity index is 2.54. The van der Waals surface area contributed by atoms with Crippen molar-refractivity contribution in [1.82, 2.24) is 9.99 Å². The molecule has 2 N–H and O–H groups in total. The maximum atomic E-state index is 11.8. The van der Waals surface area contributed by atoms with Crippen LogP contribution in [0.2, 0.25) is 0 Å². The van der Waals surface area contributed by atoms with E-state index in [0.717, 1.165) is 11.4 Å². The van der Waals surface area contributed by atoms with Crippen LogP contribution in [0.15, 0.2) is 12.1 Å². The molecular weight excluding hydrogens is 214 g/mol. The van der Waals surface area contributed by atoms with E-state index in [1.165, 1.54) is 0 Å². The van der Waals surface area contributed by atoms with Crippen molar-refractivity contribution in [2.45, 2.75) is 40.7 Å². The van der Waals surface area contributed by atoms with Crippen molar-refractivity contribution in [2.75, 3.05) is 12.0 Å². The highest BCUT2D eigenvalue weighted by atomic mass is 16.2. The molecule has 0 saturated carbocycles. The van der Waals surface area contributed by atoms with Gasteiger partial charge in [-0.2, -0.15) is 0 Å².